The summed E-state index contributed by atoms with van der Waals surface area (Å²) in [5.41, 5.74) is 0. The summed E-state index contributed by atoms with van der Waals surface area (Å²) < 4.78 is 0. The molecule has 0 aliphatic carbocycles. The predicted octanol–water partition coefficient (Wildman–Crippen LogP) is -4.07. The summed E-state index contributed by atoms with van der Waals surface area (Å²) in [6.45, 7) is 1.82. The third-order valence-corrected chi connectivity index (χ3v) is 2.80. The van der Waals surface area contributed by atoms with Crippen LogP contribution in [0.3, 0.4) is 0 Å². The van der Waals surface area contributed by atoms with Crippen LogP contribution < -0.4 is 24.5 Å². The molecular weight excluding hydrogens is 232 g/mol. The van der Waals surface area contributed by atoms with Gasteiger partial charge < -0.3 is 24.5 Å². The Morgan fingerprint density at radius 3 is 1.86 bits per heavy atom. The second-order valence-electron chi connectivity index (χ2n) is 2.93. The van der Waals surface area contributed by atoms with E-state index < -0.39 is 28.5 Å². The Kier molecular flexibility index (Phi) is 5.84. The fourth-order valence-electron chi connectivity index (χ4n) is 1.00. The van der Waals surface area contributed by atoms with Crippen molar-refractivity contribution in [3.8, 4) is 0 Å². The van der Waals surface area contributed by atoms with E-state index in [4.69, 9.17) is 4.89 Å². The summed E-state index contributed by atoms with van der Waals surface area (Å²) in [5, 5.41) is 0. The minimum absolute atomic E-state index is 0.126. The van der Waals surface area contributed by atoms with Gasteiger partial charge in [-0.25, -0.2) is 4.90 Å². The lowest BCUT2D eigenvalue weighted by molar-refractivity contribution is -0.429. The van der Waals surface area contributed by atoms with Gasteiger partial charge in [0.1, 0.15) is 6.29 Å². The highest BCUT2D eigenvalue weighted by atomic mass is 31.2. The van der Waals surface area contributed by atoms with Gasteiger partial charge in [-0.2, -0.15) is 0 Å². The Balaban J connectivity index is 4.16. The molecule has 0 spiro atoms. The number of hydrogen-bond acceptors (Lipinski definition) is 7. The Bertz CT molecular complexity index is 151. The first-order valence-electron chi connectivity index (χ1n) is 3.90. The lowest BCUT2D eigenvalue weighted by Crippen LogP contribution is -2.44. The lowest BCUT2D eigenvalue weighted by atomic mass is 10.5. The Hall–Kier alpha value is 0.580. The second-order valence-corrected chi connectivity index (χ2v) is 5.99. The average molecular weight is 244 g/mol. The summed E-state index contributed by atoms with van der Waals surface area (Å²) in [5.74, 6) is 0. The first kappa shape index (κ1) is 14.6. The minimum atomic E-state index is -4.78. The maximum Gasteiger partial charge on any atom is 0.131 e. The Labute approximate surface area is 83.4 Å². The third kappa shape index (κ3) is 9.15. The molecule has 86 valence electrons. The van der Waals surface area contributed by atoms with Crippen molar-refractivity contribution in [1.29, 1.82) is 0 Å². The zero-order valence-electron chi connectivity index (χ0n) is 7.66. The first-order chi connectivity index (χ1) is 6.14. The van der Waals surface area contributed by atoms with Gasteiger partial charge in [-0.1, -0.05) is 6.92 Å². The summed E-state index contributed by atoms with van der Waals surface area (Å²) in [6.07, 6.45) is -1.21. The van der Waals surface area contributed by atoms with Crippen LogP contribution >= 0.6 is 15.9 Å². The zero-order valence-corrected chi connectivity index (χ0v) is 9.45. The number of nitrogens with zero attached hydrogens (tertiary/aromatic N) is 1. The van der Waals surface area contributed by atoms with E-state index in [2.05, 4.69) is 0 Å². The molecular formula is C5H12NO6P2-3. The fourth-order valence-corrected chi connectivity index (χ4v) is 2.64. The predicted molar refractivity (Wildman–Crippen MR) is 42.8 cm³/mol. The van der Waals surface area contributed by atoms with Crippen LogP contribution in [-0.2, 0) is 0 Å². The van der Waals surface area contributed by atoms with Crippen LogP contribution in [0.2, 0.25) is 0 Å². The van der Waals surface area contributed by atoms with Gasteiger partial charge in [0.25, 0.3) is 0 Å². The van der Waals surface area contributed by atoms with E-state index in [1.807, 2.05) is 0 Å². The van der Waals surface area contributed by atoms with Gasteiger partial charge >= 0.3 is 0 Å². The monoisotopic (exact) mass is 244 g/mol. The standard InChI is InChI=1S/C5H15NO6P2/c1-2-3-6(4-13(7,8)9)5-14(10,11)12/h2-5H2,1H3,(H2,7,8,9)(H2,10,11,12)/p-3. The molecule has 0 aromatic carbocycles. The van der Waals surface area contributed by atoms with E-state index in [9.17, 15) is 24.5 Å². The minimum Gasteiger partial charge on any atom is -0.687 e. The lowest BCUT2D eigenvalue weighted by Gasteiger charge is -2.46. The quantitative estimate of drug-likeness (QED) is 0.468. The van der Waals surface area contributed by atoms with Crippen molar-refractivity contribution in [2.24, 2.45) is 0 Å². The molecule has 0 saturated heterocycles. The van der Waals surface area contributed by atoms with E-state index >= 15 is 0 Å². The van der Waals surface area contributed by atoms with Crippen molar-refractivity contribution in [3.05, 3.63) is 0 Å². The summed E-state index contributed by atoms with van der Waals surface area (Å²) in [4.78, 5) is 61.3. The van der Waals surface area contributed by atoms with Gasteiger partial charge in [-0.05, 0) is 6.42 Å². The van der Waals surface area contributed by atoms with Crippen LogP contribution in [-0.4, -0.2) is 28.9 Å². The summed E-state index contributed by atoms with van der Waals surface area (Å²) in [7, 11) is -9.34. The summed E-state index contributed by atoms with van der Waals surface area (Å²) in [6, 6.07) is 0. The van der Waals surface area contributed by atoms with Gasteiger partial charge in [-0.3, -0.25) is 4.89 Å². The molecule has 0 bridgehead atoms. The zero-order chi connectivity index (χ0) is 11.4. The van der Waals surface area contributed by atoms with Crippen molar-refractivity contribution < 1.29 is 29.4 Å². The topological polar surface area (TPSA) is 139 Å². The van der Waals surface area contributed by atoms with E-state index in [1.54, 1.807) is 6.92 Å². The molecule has 0 atom stereocenters. The smallest absolute Gasteiger partial charge is 0.131 e. The van der Waals surface area contributed by atoms with Crippen LogP contribution in [0.1, 0.15) is 13.3 Å². The van der Waals surface area contributed by atoms with Crippen LogP contribution in [0.4, 0.5) is 0 Å². The average Bonchev–Trinajstić information content (AvgIpc) is 1.78. The van der Waals surface area contributed by atoms with Crippen molar-refractivity contribution in [2.75, 3.05) is 19.1 Å². The van der Waals surface area contributed by atoms with Crippen LogP contribution in [0.25, 0.3) is 0 Å². The molecule has 0 aromatic heterocycles. The van der Waals surface area contributed by atoms with Gasteiger partial charge in [-0.15, -0.1) is 7.94 Å². The molecule has 0 aliphatic rings. The van der Waals surface area contributed by atoms with Crippen LogP contribution in [0, 0.1) is 0 Å². The highest BCUT2D eigenvalue weighted by Gasteiger charge is 2.17. The van der Waals surface area contributed by atoms with E-state index in [1.165, 1.54) is 0 Å². The second kappa shape index (κ2) is 5.61. The van der Waals surface area contributed by atoms with E-state index in [0.717, 1.165) is 4.90 Å². The van der Waals surface area contributed by atoms with E-state index in [0.29, 0.717) is 6.42 Å². The molecule has 9 heteroatoms. The largest absolute Gasteiger partial charge is 0.687 e. The van der Waals surface area contributed by atoms with Gasteiger partial charge in [0.05, 0.1) is 14.2 Å². The highest BCUT2D eigenvalue weighted by Crippen LogP contribution is 2.37. The van der Waals surface area contributed by atoms with Crippen molar-refractivity contribution in [1.82, 2.24) is 4.90 Å². The summed E-state index contributed by atoms with van der Waals surface area (Å²) >= 11 is 0. The van der Waals surface area contributed by atoms with Crippen molar-refractivity contribution >= 4 is 15.9 Å². The molecule has 1 N–H and O–H groups in total. The van der Waals surface area contributed by atoms with Gasteiger partial charge in [0, 0.05) is 6.54 Å². The Morgan fingerprint density at radius 2 is 1.57 bits per heavy atom. The molecule has 7 nitrogen and oxygen atoms in total. The maximum absolute atomic E-state index is 10.5. The van der Waals surface area contributed by atoms with Crippen LogP contribution in [0.5, 0.6) is 0 Å². The molecule has 0 amide bonds. The molecule has 0 aromatic rings. The van der Waals surface area contributed by atoms with Gasteiger partial charge in [0.15, 0.2) is 0 Å². The fraction of sp³-hybridized carbons (Fsp3) is 1.00. The molecule has 0 fully saturated rings. The van der Waals surface area contributed by atoms with Gasteiger partial charge in [0.2, 0.25) is 0 Å². The van der Waals surface area contributed by atoms with E-state index in [-0.39, 0.29) is 6.54 Å². The number of rotatable bonds is 6. The third-order valence-electron chi connectivity index (χ3n) is 1.29. The normalized spacial score (nSPS) is 13.7. The number of hydrogen-bond donors (Lipinski definition) is 1. The molecule has 0 unspecified atom stereocenters. The first-order valence-corrected chi connectivity index (χ1v) is 7.39. The molecule has 0 radical (unpaired) electrons. The Morgan fingerprint density at radius 1 is 1.07 bits per heavy atom. The molecule has 14 heavy (non-hydrogen) atoms. The molecule has 0 saturated carbocycles. The van der Waals surface area contributed by atoms with Crippen molar-refractivity contribution in [3.63, 3.8) is 0 Å². The molecule has 0 heterocycles. The maximum atomic E-state index is 10.5. The molecule has 0 aliphatic heterocycles. The van der Waals surface area contributed by atoms with Crippen LogP contribution in [0.15, 0.2) is 0 Å². The SMILES string of the molecule is CCCN(C[P+]([O-])([O-])[O-])C[P+]([O-])([O-])O. The van der Waals surface area contributed by atoms with Crippen molar-refractivity contribution in [2.45, 2.75) is 13.3 Å². The highest BCUT2D eigenvalue weighted by molar-refractivity contribution is 7.56. The molecule has 0 rings (SSSR count).